The van der Waals surface area contributed by atoms with Gasteiger partial charge in [-0.05, 0) is 50.0 Å². The van der Waals surface area contributed by atoms with E-state index in [1.165, 1.54) is 24.8 Å². The molecule has 0 saturated carbocycles. The van der Waals surface area contributed by atoms with Crippen LogP contribution >= 0.6 is 24.0 Å². The van der Waals surface area contributed by atoms with Gasteiger partial charge in [0, 0.05) is 12.6 Å². The van der Waals surface area contributed by atoms with Gasteiger partial charge < -0.3 is 10.5 Å². The molecule has 0 bridgehead atoms. The van der Waals surface area contributed by atoms with Crippen LogP contribution in [0.5, 0.6) is 5.75 Å². The maximum Gasteiger partial charge on any atom is 0.137 e. The molecule has 1 atom stereocenters. The topological polar surface area (TPSA) is 38.5 Å². The van der Waals surface area contributed by atoms with Crippen molar-refractivity contribution in [3.05, 3.63) is 28.8 Å². The second-order valence-electron chi connectivity index (χ2n) is 5.17. The zero-order valence-corrected chi connectivity index (χ0v) is 13.6. The molecule has 1 aliphatic heterocycles. The standard InChI is InChI=1S/C15H23ClN2O.ClH/c1-19-15-6-5-12(10-14(15)16)11-18-9-3-2-4-13(18)7-8-17;/h5-6,10,13H,2-4,7-9,11,17H2,1H3;1H. The quantitative estimate of drug-likeness (QED) is 0.903. The van der Waals surface area contributed by atoms with E-state index < -0.39 is 0 Å². The summed E-state index contributed by atoms with van der Waals surface area (Å²) in [5.41, 5.74) is 6.96. The molecule has 3 nitrogen and oxygen atoms in total. The Morgan fingerprint density at radius 3 is 2.85 bits per heavy atom. The maximum atomic E-state index is 6.18. The number of nitrogens with zero attached hydrogens (tertiary/aromatic N) is 1. The van der Waals surface area contributed by atoms with Crippen LogP contribution in [0.3, 0.4) is 0 Å². The molecule has 0 spiro atoms. The minimum absolute atomic E-state index is 0. The van der Waals surface area contributed by atoms with Crippen molar-refractivity contribution >= 4 is 24.0 Å². The van der Waals surface area contributed by atoms with Crippen molar-refractivity contribution in [3.8, 4) is 5.75 Å². The number of hydrogen-bond acceptors (Lipinski definition) is 3. The van der Waals surface area contributed by atoms with Gasteiger partial charge in [0.25, 0.3) is 0 Å². The molecule has 5 heteroatoms. The summed E-state index contributed by atoms with van der Waals surface area (Å²) >= 11 is 6.18. The van der Waals surface area contributed by atoms with Gasteiger partial charge in [0.05, 0.1) is 12.1 Å². The predicted molar refractivity (Wildman–Crippen MR) is 87.0 cm³/mol. The first kappa shape index (κ1) is 17.6. The van der Waals surface area contributed by atoms with Gasteiger partial charge in [-0.1, -0.05) is 24.1 Å². The third-order valence-corrected chi connectivity index (χ3v) is 4.15. The van der Waals surface area contributed by atoms with Crippen molar-refractivity contribution in [2.75, 3.05) is 20.2 Å². The molecule has 2 rings (SSSR count). The monoisotopic (exact) mass is 318 g/mol. The summed E-state index contributed by atoms with van der Waals surface area (Å²) in [6.07, 6.45) is 4.96. The van der Waals surface area contributed by atoms with Gasteiger partial charge in [-0.3, -0.25) is 4.90 Å². The van der Waals surface area contributed by atoms with E-state index in [0.717, 1.165) is 31.8 Å². The fourth-order valence-electron chi connectivity index (χ4n) is 2.83. The average Bonchev–Trinajstić information content (AvgIpc) is 2.41. The number of ether oxygens (including phenoxy) is 1. The molecule has 0 aliphatic carbocycles. The Bertz CT molecular complexity index is 413. The number of rotatable bonds is 5. The van der Waals surface area contributed by atoms with E-state index in [2.05, 4.69) is 11.0 Å². The van der Waals surface area contributed by atoms with Gasteiger partial charge in [0.15, 0.2) is 0 Å². The number of nitrogens with two attached hydrogens (primary N) is 1. The van der Waals surface area contributed by atoms with Crippen LogP contribution < -0.4 is 10.5 Å². The van der Waals surface area contributed by atoms with Crippen molar-refractivity contribution in [2.24, 2.45) is 5.73 Å². The summed E-state index contributed by atoms with van der Waals surface area (Å²) in [6, 6.07) is 6.67. The van der Waals surface area contributed by atoms with Crippen LogP contribution in [0.4, 0.5) is 0 Å². The van der Waals surface area contributed by atoms with Crippen LogP contribution in [-0.4, -0.2) is 31.1 Å². The average molecular weight is 319 g/mol. The Hall–Kier alpha value is -0.480. The lowest BCUT2D eigenvalue weighted by atomic mass is 9.98. The Morgan fingerprint density at radius 2 is 2.20 bits per heavy atom. The minimum Gasteiger partial charge on any atom is -0.495 e. The van der Waals surface area contributed by atoms with Crippen molar-refractivity contribution in [2.45, 2.75) is 38.3 Å². The predicted octanol–water partition coefficient (Wildman–Crippen LogP) is 3.47. The smallest absolute Gasteiger partial charge is 0.137 e. The Balaban J connectivity index is 0.00000200. The summed E-state index contributed by atoms with van der Waals surface area (Å²) in [4.78, 5) is 2.54. The molecule has 0 amide bonds. The molecule has 0 radical (unpaired) electrons. The molecule has 2 N–H and O–H groups in total. The third kappa shape index (κ3) is 4.52. The highest BCUT2D eigenvalue weighted by atomic mass is 35.5. The van der Waals surface area contributed by atoms with E-state index in [9.17, 15) is 0 Å². The summed E-state index contributed by atoms with van der Waals surface area (Å²) in [5, 5.41) is 0.687. The lowest BCUT2D eigenvalue weighted by Gasteiger charge is -2.35. The van der Waals surface area contributed by atoms with Crippen LogP contribution in [0.2, 0.25) is 5.02 Å². The van der Waals surface area contributed by atoms with Crippen molar-refractivity contribution < 1.29 is 4.74 Å². The van der Waals surface area contributed by atoms with E-state index in [1.54, 1.807) is 7.11 Å². The molecule has 1 heterocycles. The number of likely N-dealkylation sites (tertiary alicyclic amines) is 1. The fraction of sp³-hybridized carbons (Fsp3) is 0.600. The van der Waals surface area contributed by atoms with Crippen LogP contribution in [0, 0.1) is 0 Å². The maximum absolute atomic E-state index is 6.18. The molecule has 1 aromatic carbocycles. The van der Waals surface area contributed by atoms with E-state index >= 15 is 0 Å². The fourth-order valence-corrected chi connectivity index (χ4v) is 3.11. The zero-order chi connectivity index (χ0) is 13.7. The molecular weight excluding hydrogens is 295 g/mol. The number of piperidine rings is 1. The van der Waals surface area contributed by atoms with Crippen molar-refractivity contribution in [1.82, 2.24) is 4.90 Å². The van der Waals surface area contributed by atoms with Crippen LogP contribution in [0.25, 0.3) is 0 Å². The summed E-state index contributed by atoms with van der Waals surface area (Å²) in [6.45, 7) is 2.88. The van der Waals surface area contributed by atoms with Crippen molar-refractivity contribution in [1.29, 1.82) is 0 Å². The van der Waals surface area contributed by atoms with Gasteiger partial charge in [0.1, 0.15) is 5.75 Å². The SMILES string of the molecule is COc1ccc(CN2CCCCC2CCN)cc1Cl.Cl. The van der Waals surface area contributed by atoms with Gasteiger partial charge in [-0.25, -0.2) is 0 Å². The molecule has 1 aliphatic rings. The van der Waals surface area contributed by atoms with Gasteiger partial charge in [-0.15, -0.1) is 12.4 Å². The number of benzene rings is 1. The highest BCUT2D eigenvalue weighted by Crippen LogP contribution is 2.27. The third-order valence-electron chi connectivity index (χ3n) is 3.85. The first-order valence-corrected chi connectivity index (χ1v) is 7.39. The van der Waals surface area contributed by atoms with E-state index in [-0.39, 0.29) is 12.4 Å². The molecule has 1 unspecified atom stereocenters. The second-order valence-corrected chi connectivity index (χ2v) is 5.57. The molecule has 1 saturated heterocycles. The Morgan fingerprint density at radius 1 is 1.40 bits per heavy atom. The van der Waals surface area contributed by atoms with E-state index in [4.69, 9.17) is 22.1 Å². The molecule has 1 fully saturated rings. The first-order chi connectivity index (χ1) is 9.24. The summed E-state index contributed by atoms with van der Waals surface area (Å²) in [5.74, 6) is 0.738. The summed E-state index contributed by atoms with van der Waals surface area (Å²) in [7, 11) is 1.64. The van der Waals surface area contributed by atoms with Gasteiger partial charge in [-0.2, -0.15) is 0 Å². The molecule has 20 heavy (non-hydrogen) atoms. The van der Waals surface area contributed by atoms with E-state index in [1.807, 2.05) is 12.1 Å². The number of halogens is 2. The molecule has 1 aromatic rings. The van der Waals surface area contributed by atoms with Gasteiger partial charge >= 0.3 is 0 Å². The lowest BCUT2D eigenvalue weighted by molar-refractivity contribution is 0.134. The number of methoxy groups -OCH3 is 1. The highest BCUT2D eigenvalue weighted by Gasteiger charge is 2.21. The van der Waals surface area contributed by atoms with Crippen LogP contribution in [-0.2, 0) is 6.54 Å². The van der Waals surface area contributed by atoms with Gasteiger partial charge in [0.2, 0.25) is 0 Å². The molecule has 0 aromatic heterocycles. The molecular formula is C15H24Cl2N2O. The Labute approximate surface area is 132 Å². The highest BCUT2D eigenvalue weighted by molar-refractivity contribution is 6.32. The number of hydrogen-bond donors (Lipinski definition) is 1. The zero-order valence-electron chi connectivity index (χ0n) is 12.0. The van der Waals surface area contributed by atoms with Crippen LogP contribution in [0.1, 0.15) is 31.2 Å². The normalized spacial score (nSPS) is 19.4. The second kappa shape index (κ2) is 8.73. The molecule has 114 valence electrons. The van der Waals surface area contributed by atoms with E-state index in [0.29, 0.717) is 11.1 Å². The lowest BCUT2D eigenvalue weighted by Crippen LogP contribution is -2.40. The Kier molecular flexibility index (Phi) is 7.67. The van der Waals surface area contributed by atoms with Crippen LogP contribution in [0.15, 0.2) is 18.2 Å². The minimum atomic E-state index is 0. The summed E-state index contributed by atoms with van der Waals surface area (Å²) < 4.78 is 5.19. The first-order valence-electron chi connectivity index (χ1n) is 7.01. The largest absolute Gasteiger partial charge is 0.495 e. The van der Waals surface area contributed by atoms with Crippen molar-refractivity contribution in [3.63, 3.8) is 0 Å².